The molecule has 1 atom stereocenters. The highest BCUT2D eigenvalue weighted by Gasteiger charge is 2.36. The molecule has 1 aliphatic heterocycles. The van der Waals surface area contributed by atoms with Crippen molar-refractivity contribution in [3.8, 4) is 0 Å². The summed E-state index contributed by atoms with van der Waals surface area (Å²) in [6, 6.07) is 1.53. The molecule has 136 valence electrons. The lowest BCUT2D eigenvalue weighted by atomic mass is 10.0. The lowest BCUT2D eigenvalue weighted by Crippen LogP contribution is -2.52. The summed E-state index contributed by atoms with van der Waals surface area (Å²) in [6.45, 7) is 3.11. The predicted octanol–water partition coefficient (Wildman–Crippen LogP) is 3.79. The topological polar surface area (TPSA) is 68.1 Å². The summed E-state index contributed by atoms with van der Waals surface area (Å²) in [6.07, 6.45) is 14.6. The third-order valence-electron chi connectivity index (χ3n) is 6.14. The van der Waals surface area contributed by atoms with Crippen molar-refractivity contribution in [1.82, 2.24) is 9.97 Å². The summed E-state index contributed by atoms with van der Waals surface area (Å²) in [5.41, 5.74) is 0.989. The van der Waals surface area contributed by atoms with E-state index >= 15 is 0 Å². The Hall–Kier alpha value is -1.85. The van der Waals surface area contributed by atoms with E-state index < -0.39 is 0 Å². The van der Waals surface area contributed by atoms with E-state index in [1.54, 1.807) is 0 Å². The van der Waals surface area contributed by atoms with Crippen LogP contribution in [-0.4, -0.2) is 41.0 Å². The monoisotopic (exact) mass is 342 g/mol. The maximum atomic E-state index is 7.81. The molecule has 3 aliphatic rings. The van der Waals surface area contributed by atoms with Crippen LogP contribution in [0.15, 0.2) is 6.20 Å². The molecule has 2 aliphatic carbocycles. The molecule has 2 fully saturated rings. The Labute approximate surface area is 150 Å². The van der Waals surface area contributed by atoms with Gasteiger partial charge < -0.3 is 15.1 Å². The van der Waals surface area contributed by atoms with Crippen LogP contribution in [0.3, 0.4) is 0 Å². The number of hydrogen-bond acceptors (Lipinski definition) is 5. The molecule has 0 bridgehead atoms. The van der Waals surface area contributed by atoms with Gasteiger partial charge in [-0.3, -0.25) is 5.41 Å². The highest BCUT2D eigenvalue weighted by Crippen LogP contribution is 2.39. The Morgan fingerprint density at radius 2 is 1.92 bits per heavy atom. The third-order valence-corrected chi connectivity index (χ3v) is 6.14. The highest BCUT2D eigenvalue weighted by molar-refractivity contribution is 5.85. The number of rotatable bonds is 5. The second-order valence-corrected chi connectivity index (χ2v) is 7.72. The lowest BCUT2D eigenvalue weighted by Gasteiger charge is -2.45. The van der Waals surface area contributed by atoms with E-state index in [1.165, 1.54) is 57.7 Å². The van der Waals surface area contributed by atoms with Gasteiger partial charge in [-0.2, -0.15) is 4.98 Å². The zero-order chi connectivity index (χ0) is 17.2. The first kappa shape index (κ1) is 16.6. The summed E-state index contributed by atoms with van der Waals surface area (Å²) in [7, 11) is 0. The summed E-state index contributed by atoms with van der Waals surface area (Å²) < 4.78 is 0. The second kappa shape index (κ2) is 7.18. The molecule has 2 heterocycles. The average Bonchev–Trinajstić information content (AvgIpc) is 3.34. The summed E-state index contributed by atoms with van der Waals surface area (Å²) >= 11 is 0. The SMILES string of the molecule is CCC1CN(C=N)c2cnc(NC3CCCC3)nc2N1C1CCCC1. The van der Waals surface area contributed by atoms with Crippen molar-refractivity contribution in [2.75, 3.05) is 21.7 Å². The molecule has 6 heteroatoms. The molecule has 0 aromatic carbocycles. The Balaban J connectivity index is 1.68. The Bertz CT molecular complexity index is 606. The van der Waals surface area contributed by atoms with Gasteiger partial charge in [0.05, 0.1) is 12.5 Å². The third kappa shape index (κ3) is 3.18. The maximum Gasteiger partial charge on any atom is 0.224 e. The van der Waals surface area contributed by atoms with Crippen LogP contribution in [0.1, 0.15) is 64.7 Å². The summed E-state index contributed by atoms with van der Waals surface area (Å²) in [4.78, 5) is 14.1. The normalized spacial score (nSPS) is 24.6. The summed E-state index contributed by atoms with van der Waals surface area (Å²) in [5, 5.41) is 11.4. The van der Waals surface area contributed by atoms with Gasteiger partial charge in [-0.15, -0.1) is 0 Å². The van der Waals surface area contributed by atoms with Crippen molar-refractivity contribution in [3.05, 3.63) is 6.20 Å². The fourth-order valence-corrected chi connectivity index (χ4v) is 4.77. The Morgan fingerprint density at radius 3 is 2.60 bits per heavy atom. The molecule has 6 nitrogen and oxygen atoms in total. The highest BCUT2D eigenvalue weighted by atomic mass is 15.4. The molecule has 1 unspecified atom stereocenters. The van der Waals surface area contributed by atoms with Crippen LogP contribution in [0.4, 0.5) is 17.5 Å². The van der Waals surface area contributed by atoms with E-state index in [9.17, 15) is 0 Å². The molecule has 0 radical (unpaired) electrons. The van der Waals surface area contributed by atoms with E-state index in [4.69, 9.17) is 10.4 Å². The molecule has 2 N–H and O–H groups in total. The molecule has 25 heavy (non-hydrogen) atoms. The van der Waals surface area contributed by atoms with Crippen LogP contribution in [0.25, 0.3) is 0 Å². The number of nitrogens with zero attached hydrogens (tertiary/aromatic N) is 4. The van der Waals surface area contributed by atoms with Crippen LogP contribution >= 0.6 is 0 Å². The quantitative estimate of drug-likeness (QED) is 0.629. The van der Waals surface area contributed by atoms with E-state index in [0.29, 0.717) is 18.1 Å². The zero-order valence-corrected chi connectivity index (χ0v) is 15.2. The smallest absolute Gasteiger partial charge is 0.224 e. The fraction of sp³-hybridized carbons (Fsp3) is 0.737. The number of anilines is 3. The van der Waals surface area contributed by atoms with Crippen LogP contribution in [-0.2, 0) is 0 Å². The summed E-state index contributed by atoms with van der Waals surface area (Å²) in [5.74, 6) is 1.79. The molecule has 1 aromatic heterocycles. The molecule has 4 rings (SSSR count). The van der Waals surface area contributed by atoms with E-state index in [-0.39, 0.29) is 0 Å². The van der Waals surface area contributed by atoms with Gasteiger partial charge in [0.2, 0.25) is 5.95 Å². The van der Waals surface area contributed by atoms with Crippen molar-refractivity contribution in [2.45, 2.75) is 82.8 Å². The van der Waals surface area contributed by atoms with Gasteiger partial charge in [0.25, 0.3) is 0 Å². The fourth-order valence-electron chi connectivity index (χ4n) is 4.77. The van der Waals surface area contributed by atoms with Gasteiger partial charge in [-0.05, 0) is 32.1 Å². The molecule has 0 spiro atoms. The number of aromatic nitrogens is 2. The van der Waals surface area contributed by atoms with E-state index in [1.807, 2.05) is 11.1 Å². The van der Waals surface area contributed by atoms with Crippen LogP contribution < -0.4 is 15.1 Å². The lowest BCUT2D eigenvalue weighted by molar-refractivity contribution is 0.483. The number of hydrogen-bond donors (Lipinski definition) is 2. The average molecular weight is 342 g/mol. The van der Waals surface area contributed by atoms with Gasteiger partial charge in [0, 0.05) is 24.7 Å². The Kier molecular flexibility index (Phi) is 4.77. The van der Waals surface area contributed by atoms with Crippen LogP contribution in [0.5, 0.6) is 0 Å². The van der Waals surface area contributed by atoms with E-state index in [0.717, 1.165) is 30.4 Å². The molecule has 2 saturated carbocycles. The second-order valence-electron chi connectivity index (χ2n) is 7.72. The minimum absolute atomic E-state index is 0.423. The first-order valence-electron chi connectivity index (χ1n) is 9.99. The van der Waals surface area contributed by atoms with E-state index in [2.05, 4.69) is 22.1 Å². The minimum Gasteiger partial charge on any atom is -0.351 e. The first-order chi connectivity index (χ1) is 12.3. The molecule has 0 amide bonds. The van der Waals surface area contributed by atoms with Crippen molar-refractivity contribution < 1.29 is 0 Å². The maximum absolute atomic E-state index is 7.81. The standard InChI is InChI=1S/C19H30N6/c1-2-15-12-24(13-20)17-11-21-19(22-14-7-3-4-8-14)23-18(17)25(15)16-9-5-6-10-16/h11,13-16,20H,2-10,12H2,1H3,(H,21,22,23). The Morgan fingerprint density at radius 1 is 1.20 bits per heavy atom. The van der Waals surface area contributed by atoms with Gasteiger partial charge in [-0.25, -0.2) is 4.98 Å². The molecule has 0 saturated heterocycles. The van der Waals surface area contributed by atoms with Crippen LogP contribution in [0, 0.1) is 5.41 Å². The largest absolute Gasteiger partial charge is 0.351 e. The van der Waals surface area contributed by atoms with Crippen molar-refractivity contribution >= 4 is 23.8 Å². The van der Waals surface area contributed by atoms with Crippen molar-refractivity contribution in [3.63, 3.8) is 0 Å². The molecular formula is C19H30N6. The molecule has 1 aromatic rings. The number of nitrogens with one attached hydrogen (secondary N) is 2. The van der Waals surface area contributed by atoms with Gasteiger partial charge >= 0.3 is 0 Å². The van der Waals surface area contributed by atoms with Crippen molar-refractivity contribution in [2.24, 2.45) is 0 Å². The minimum atomic E-state index is 0.423. The first-order valence-corrected chi connectivity index (χ1v) is 9.99. The predicted molar refractivity (Wildman–Crippen MR) is 103 cm³/mol. The van der Waals surface area contributed by atoms with Gasteiger partial charge in [0.1, 0.15) is 5.69 Å². The van der Waals surface area contributed by atoms with Crippen molar-refractivity contribution in [1.29, 1.82) is 5.41 Å². The van der Waals surface area contributed by atoms with Gasteiger partial charge in [0.15, 0.2) is 5.82 Å². The van der Waals surface area contributed by atoms with Crippen LogP contribution in [0.2, 0.25) is 0 Å². The zero-order valence-electron chi connectivity index (χ0n) is 15.2. The molecular weight excluding hydrogens is 312 g/mol. The van der Waals surface area contributed by atoms with Gasteiger partial charge in [-0.1, -0.05) is 32.6 Å². The number of fused-ring (bicyclic) bond motifs is 1.